The van der Waals surface area contributed by atoms with Gasteiger partial charge in [-0.25, -0.2) is 9.78 Å². The zero-order valence-electron chi connectivity index (χ0n) is 15.7. The predicted octanol–water partition coefficient (Wildman–Crippen LogP) is 5.00. The number of nitrogens with zero attached hydrogens (tertiary/aromatic N) is 2. The van der Waals surface area contributed by atoms with E-state index in [0.717, 1.165) is 36.1 Å². The number of aromatic nitrogens is 2. The van der Waals surface area contributed by atoms with Crippen molar-refractivity contribution in [1.82, 2.24) is 9.97 Å². The van der Waals surface area contributed by atoms with E-state index in [1.807, 2.05) is 19.1 Å². The van der Waals surface area contributed by atoms with Crippen LogP contribution in [0.2, 0.25) is 0 Å². The molecule has 0 amide bonds. The van der Waals surface area contributed by atoms with E-state index in [1.165, 1.54) is 19.0 Å². The van der Waals surface area contributed by atoms with Crippen molar-refractivity contribution in [1.29, 1.82) is 0 Å². The summed E-state index contributed by atoms with van der Waals surface area (Å²) in [7, 11) is 1.47. The van der Waals surface area contributed by atoms with Crippen LogP contribution in [0.25, 0.3) is 22.2 Å². The van der Waals surface area contributed by atoms with Gasteiger partial charge in [-0.15, -0.1) is 0 Å². The molecule has 140 valence electrons. The van der Waals surface area contributed by atoms with Crippen molar-refractivity contribution in [3.05, 3.63) is 41.7 Å². The van der Waals surface area contributed by atoms with E-state index in [9.17, 15) is 9.90 Å². The average Bonchev–Trinajstić information content (AvgIpc) is 3.15. The van der Waals surface area contributed by atoms with E-state index in [0.29, 0.717) is 16.8 Å². The molecule has 0 aliphatic carbocycles. The molecule has 27 heavy (non-hydrogen) atoms. The van der Waals surface area contributed by atoms with E-state index >= 15 is 0 Å². The van der Waals surface area contributed by atoms with Crippen molar-refractivity contribution in [3.63, 3.8) is 0 Å². The second kappa shape index (κ2) is 8.03. The molecule has 0 aliphatic rings. The summed E-state index contributed by atoms with van der Waals surface area (Å²) in [5.74, 6) is -0.760. The van der Waals surface area contributed by atoms with Gasteiger partial charge in [-0.05, 0) is 43.0 Å². The Morgan fingerprint density at radius 1 is 1.37 bits per heavy atom. The number of carbonyl (C=O) groups is 1. The molecular formula is C21H23N3O3. The van der Waals surface area contributed by atoms with E-state index in [4.69, 9.17) is 4.74 Å². The lowest BCUT2D eigenvalue weighted by Crippen LogP contribution is -2.02. The highest BCUT2D eigenvalue weighted by Crippen LogP contribution is 2.37. The Bertz CT molecular complexity index is 1010. The van der Waals surface area contributed by atoms with Crippen LogP contribution in [0.5, 0.6) is 5.75 Å². The van der Waals surface area contributed by atoms with Crippen molar-refractivity contribution in [2.24, 2.45) is 4.99 Å². The monoisotopic (exact) mass is 365 g/mol. The second-order valence-corrected chi connectivity index (χ2v) is 6.27. The molecule has 0 saturated heterocycles. The zero-order chi connectivity index (χ0) is 19.4. The average molecular weight is 365 g/mol. The summed E-state index contributed by atoms with van der Waals surface area (Å²) in [6.45, 7) is 4.06. The number of methoxy groups -OCH3 is 1. The molecule has 0 bridgehead atoms. The molecular weight excluding hydrogens is 342 g/mol. The molecule has 0 saturated carbocycles. The fourth-order valence-electron chi connectivity index (χ4n) is 3.25. The molecule has 0 aliphatic heterocycles. The Balaban J connectivity index is 2.20. The number of aromatic carboxylic acids is 1. The molecule has 6 nitrogen and oxygen atoms in total. The number of imidazole rings is 1. The van der Waals surface area contributed by atoms with Crippen LogP contribution < -0.4 is 4.74 Å². The maximum absolute atomic E-state index is 11.7. The van der Waals surface area contributed by atoms with Crippen LogP contribution in [0.15, 0.2) is 35.6 Å². The van der Waals surface area contributed by atoms with Gasteiger partial charge in [0.1, 0.15) is 11.3 Å². The lowest BCUT2D eigenvalue weighted by atomic mass is 9.97. The maximum atomic E-state index is 11.7. The largest absolute Gasteiger partial charge is 0.496 e. The summed E-state index contributed by atoms with van der Waals surface area (Å²) in [4.78, 5) is 23.5. The molecule has 6 heteroatoms. The van der Waals surface area contributed by atoms with Gasteiger partial charge >= 0.3 is 5.97 Å². The Kier molecular flexibility index (Phi) is 5.54. The van der Waals surface area contributed by atoms with Crippen molar-refractivity contribution in [2.45, 2.75) is 33.1 Å². The third kappa shape index (κ3) is 3.56. The Morgan fingerprint density at radius 3 is 2.85 bits per heavy atom. The number of rotatable bonds is 7. The molecule has 0 fully saturated rings. The number of hydrogen-bond donors (Lipinski definition) is 2. The molecule has 2 aromatic carbocycles. The van der Waals surface area contributed by atoms with E-state index in [2.05, 4.69) is 28.0 Å². The van der Waals surface area contributed by atoms with Crippen LogP contribution in [0.1, 0.15) is 42.6 Å². The van der Waals surface area contributed by atoms with Crippen LogP contribution in [-0.2, 0) is 6.42 Å². The van der Waals surface area contributed by atoms with Gasteiger partial charge in [0.15, 0.2) is 0 Å². The van der Waals surface area contributed by atoms with Gasteiger partial charge in [-0.3, -0.25) is 4.99 Å². The predicted molar refractivity (Wildman–Crippen MR) is 107 cm³/mol. The minimum absolute atomic E-state index is 0.0834. The first-order chi connectivity index (χ1) is 13.1. The Hall–Kier alpha value is -3.15. The number of aromatic amines is 1. The van der Waals surface area contributed by atoms with Gasteiger partial charge in [-0.1, -0.05) is 25.5 Å². The van der Waals surface area contributed by atoms with Gasteiger partial charge in [0.05, 0.1) is 30.2 Å². The Morgan fingerprint density at radius 2 is 2.19 bits per heavy atom. The van der Waals surface area contributed by atoms with Crippen LogP contribution in [0.4, 0.5) is 5.69 Å². The zero-order valence-corrected chi connectivity index (χ0v) is 15.7. The number of fused-ring (bicyclic) bond motifs is 1. The molecule has 0 spiro atoms. The summed E-state index contributed by atoms with van der Waals surface area (Å²) >= 11 is 0. The minimum atomic E-state index is -1.06. The number of aliphatic imine (C=N–C) groups is 1. The smallest absolute Gasteiger partial charge is 0.341 e. The summed E-state index contributed by atoms with van der Waals surface area (Å²) < 4.78 is 5.34. The first-order valence-corrected chi connectivity index (χ1v) is 9.00. The van der Waals surface area contributed by atoms with Crippen molar-refractivity contribution in [3.8, 4) is 16.9 Å². The summed E-state index contributed by atoms with van der Waals surface area (Å²) in [5.41, 5.74) is 4.99. The summed E-state index contributed by atoms with van der Waals surface area (Å²) in [6.07, 6.45) is 6.49. The number of benzene rings is 2. The van der Waals surface area contributed by atoms with Crippen molar-refractivity contribution < 1.29 is 14.6 Å². The topological polar surface area (TPSA) is 87.6 Å². The minimum Gasteiger partial charge on any atom is -0.496 e. The number of nitrogens with one attached hydrogen (secondary N) is 1. The number of aryl methyl sites for hydroxylation is 1. The fraction of sp³-hybridized carbons (Fsp3) is 0.286. The Labute approximate surface area is 157 Å². The lowest BCUT2D eigenvalue weighted by Gasteiger charge is -2.12. The molecule has 0 atom stereocenters. The fourth-order valence-corrected chi connectivity index (χ4v) is 3.25. The van der Waals surface area contributed by atoms with E-state index in [-0.39, 0.29) is 5.56 Å². The molecule has 0 unspecified atom stereocenters. The highest BCUT2D eigenvalue weighted by Gasteiger charge is 2.21. The van der Waals surface area contributed by atoms with Crippen LogP contribution >= 0.6 is 0 Å². The van der Waals surface area contributed by atoms with Gasteiger partial charge in [0.25, 0.3) is 0 Å². The number of H-pyrrole nitrogens is 1. The third-order valence-corrected chi connectivity index (χ3v) is 4.56. The lowest BCUT2D eigenvalue weighted by molar-refractivity contribution is 0.0695. The van der Waals surface area contributed by atoms with Crippen molar-refractivity contribution >= 4 is 28.9 Å². The maximum Gasteiger partial charge on any atom is 0.341 e. The van der Waals surface area contributed by atoms with Crippen LogP contribution in [-0.4, -0.2) is 34.4 Å². The van der Waals surface area contributed by atoms with E-state index < -0.39 is 5.97 Å². The molecule has 2 N–H and O–H groups in total. The number of carboxylic acid groups (broad SMARTS) is 1. The summed E-state index contributed by atoms with van der Waals surface area (Å²) in [5, 5.41) is 9.56. The molecule has 0 radical (unpaired) electrons. The van der Waals surface area contributed by atoms with Gasteiger partial charge < -0.3 is 14.8 Å². The number of hydrogen-bond acceptors (Lipinski definition) is 4. The normalized spacial score (nSPS) is 11.4. The molecule has 1 heterocycles. The quantitative estimate of drug-likeness (QED) is 0.577. The summed E-state index contributed by atoms with van der Waals surface area (Å²) in [6, 6.07) is 7.87. The standard InChI is InChI=1S/C21H23N3O3/c1-4-6-7-13-8-9-14(10-16(13)22-5-2)15-11-17(27-3)18(21(25)26)20-19(15)23-12-24-20/h5,8-12H,4,6-7H2,1-3H3,(H,23,24)(H,25,26). The molecule has 3 aromatic rings. The highest BCUT2D eigenvalue weighted by atomic mass is 16.5. The highest BCUT2D eigenvalue weighted by molar-refractivity contribution is 6.08. The number of ether oxygens (including phenoxy) is 1. The van der Waals surface area contributed by atoms with Crippen LogP contribution in [0.3, 0.4) is 0 Å². The first kappa shape index (κ1) is 18.6. The van der Waals surface area contributed by atoms with E-state index in [1.54, 1.807) is 12.3 Å². The number of carboxylic acids is 1. The van der Waals surface area contributed by atoms with Crippen molar-refractivity contribution in [2.75, 3.05) is 7.11 Å². The molecule has 1 aromatic heterocycles. The van der Waals surface area contributed by atoms with Gasteiger partial charge in [-0.2, -0.15) is 0 Å². The first-order valence-electron chi connectivity index (χ1n) is 9.00. The SMILES string of the molecule is CC=Nc1cc(-c2cc(OC)c(C(=O)O)c3[nH]cnc23)ccc1CCCC. The number of unbranched alkanes of at least 4 members (excludes halogenated alkanes) is 1. The second-order valence-electron chi connectivity index (χ2n) is 6.27. The third-order valence-electron chi connectivity index (χ3n) is 4.56. The molecule has 3 rings (SSSR count). The van der Waals surface area contributed by atoms with Crippen LogP contribution in [0, 0.1) is 0 Å². The van der Waals surface area contributed by atoms with Gasteiger partial charge in [0.2, 0.25) is 0 Å². The van der Waals surface area contributed by atoms with Gasteiger partial charge in [0, 0.05) is 11.8 Å².